The second kappa shape index (κ2) is 8.45. The average molecular weight is 383 g/mol. The standard InChI is InChI=1S/C18H30N4O3S/c1-18(2,3)7-9-21-10-12-22(13-11-21)17(23)15-20(4)26(24,25)16-6-5-8-19-14-16/h5-6,8,14H,7,9-13,15H2,1-4H3. The Kier molecular flexibility index (Phi) is 6.76. The highest BCUT2D eigenvalue weighted by molar-refractivity contribution is 7.89. The van der Waals surface area contributed by atoms with E-state index in [0.717, 1.165) is 30.4 Å². The highest BCUT2D eigenvalue weighted by Gasteiger charge is 2.27. The predicted molar refractivity (Wildman–Crippen MR) is 101 cm³/mol. The van der Waals surface area contributed by atoms with Gasteiger partial charge in [-0.05, 0) is 30.5 Å². The van der Waals surface area contributed by atoms with E-state index in [0.29, 0.717) is 18.5 Å². The van der Waals surface area contributed by atoms with Crippen molar-refractivity contribution < 1.29 is 13.2 Å². The Balaban J connectivity index is 1.85. The van der Waals surface area contributed by atoms with E-state index in [1.165, 1.54) is 25.5 Å². The van der Waals surface area contributed by atoms with Gasteiger partial charge in [-0.1, -0.05) is 20.8 Å². The van der Waals surface area contributed by atoms with Gasteiger partial charge in [0.25, 0.3) is 0 Å². The Bertz CT molecular complexity index is 693. The zero-order chi connectivity index (χ0) is 19.4. The quantitative estimate of drug-likeness (QED) is 0.741. The Morgan fingerprint density at radius 2 is 1.88 bits per heavy atom. The Labute approximate surface area is 157 Å². The van der Waals surface area contributed by atoms with Crippen molar-refractivity contribution in [2.45, 2.75) is 32.1 Å². The second-order valence-electron chi connectivity index (χ2n) is 7.98. The summed E-state index contributed by atoms with van der Waals surface area (Å²) in [5.41, 5.74) is 0.302. The van der Waals surface area contributed by atoms with Crippen LogP contribution in [0.25, 0.3) is 0 Å². The van der Waals surface area contributed by atoms with Crippen LogP contribution in [0.2, 0.25) is 0 Å². The van der Waals surface area contributed by atoms with Gasteiger partial charge in [0.15, 0.2) is 0 Å². The lowest BCUT2D eigenvalue weighted by Crippen LogP contribution is -2.51. The Morgan fingerprint density at radius 1 is 1.23 bits per heavy atom. The SMILES string of the molecule is CN(CC(=O)N1CCN(CCC(C)(C)C)CC1)S(=O)(=O)c1cccnc1. The minimum absolute atomic E-state index is 0.0994. The molecule has 7 nitrogen and oxygen atoms in total. The number of hydrogen-bond donors (Lipinski definition) is 0. The Hall–Kier alpha value is -1.51. The van der Waals surface area contributed by atoms with Gasteiger partial charge >= 0.3 is 0 Å². The largest absolute Gasteiger partial charge is 0.339 e. The van der Waals surface area contributed by atoms with E-state index in [-0.39, 0.29) is 17.3 Å². The monoisotopic (exact) mass is 382 g/mol. The van der Waals surface area contributed by atoms with Crippen molar-refractivity contribution in [2.24, 2.45) is 5.41 Å². The van der Waals surface area contributed by atoms with Crippen LogP contribution in [0.5, 0.6) is 0 Å². The van der Waals surface area contributed by atoms with E-state index in [1.54, 1.807) is 11.0 Å². The molecular formula is C18H30N4O3S. The first-order valence-corrected chi connectivity index (χ1v) is 10.4. The molecular weight excluding hydrogens is 352 g/mol. The molecule has 0 N–H and O–H groups in total. The summed E-state index contributed by atoms with van der Waals surface area (Å²) in [6, 6.07) is 3.05. The lowest BCUT2D eigenvalue weighted by atomic mass is 9.92. The van der Waals surface area contributed by atoms with Gasteiger partial charge in [-0.25, -0.2) is 8.42 Å². The number of likely N-dealkylation sites (N-methyl/N-ethyl adjacent to an activating group) is 1. The third kappa shape index (κ3) is 5.75. The van der Waals surface area contributed by atoms with Gasteiger partial charge in [-0.2, -0.15) is 4.31 Å². The highest BCUT2D eigenvalue weighted by Crippen LogP contribution is 2.19. The summed E-state index contributed by atoms with van der Waals surface area (Å²) in [7, 11) is -2.27. The number of sulfonamides is 1. The molecule has 8 heteroatoms. The van der Waals surface area contributed by atoms with Crippen molar-refractivity contribution >= 4 is 15.9 Å². The maximum absolute atomic E-state index is 12.5. The van der Waals surface area contributed by atoms with Crippen molar-refractivity contribution in [3.8, 4) is 0 Å². The fourth-order valence-corrected chi connectivity index (χ4v) is 3.85. The molecule has 0 aromatic carbocycles. The van der Waals surface area contributed by atoms with Crippen LogP contribution in [0, 0.1) is 5.41 Å². The molecule has 2 rings (SSSR count). The van der Waals surface area contributed by atoms with E-state index in [9.17, 15) is 13.2 Å². The highest BCUT2D eigenvalue weighted by atomic mass is 32.2. The first-order valence-electron chi connectivity index (χ1n) is 8.96. The van der Waals surface area contributed by atoms with Crippen molar-refractivity contribution in [3.05, 3.63) is 24.5 Å². The van der Waals surface area contributed by atoms with Crippen molar-refractivity contribution in [1.82, 2.24) is 19.1 Å². The Morgan fingerprint density at radius 3 is 2.42 bits per heavy atom. The number of piperazine rings is 1. The summed E-state index contributed by atoms with van der Waals surface area (Å²) in [5, 5.41) is 0. The van der Waals surface area contributed by atoms with Gasteiger partial charge < -0.3 is 4.90 Å². The van der Waals surface area contributed by atoms with Crippen LogP contribution in [0.3, 0.4) is 0 Å². The van der Waals surface area contributed by atoms with Gasteiger partial charge in [0.1, 0.15) is 4.90 Å². The topological polar surface area (TPSA) is 73.8 Å². The molecule has 0 aliphatic carbocycles. The molecule has 1 aromatic heterocycles. The normalized spacial score (nSPS) is 16.9. The molecule has 1 amide bonds. The maximum Gasteiger partial charge on any atom is 0.244 e. The fourth-order valence-electron chi connectivity index (χ4n) is 2.77. The third-order valence-electron chi connectivity index (χ3n) is 4.60. The molecule has 1 fully saturated rings. The van der Waals surface area contributed by atoms with Crippen LogP contribution in [-0.4, -0.2) is 79.7 Å². The first kappa shape index (κ1) is 20.8. The van der Waals surface area contributed by atoms with Gasteiger partial charge in [0.05, 0.1) is 6.54 Å². The number of carbonyl (C=O) groups excluding carboxylic acids is 1. The lowest BCUT2D eigenvalue weighted by molar-refractivity contribution is -0.133. The van der Waals surface area contributed by atoms with Crippen LogP contribution >= 0.6 is 0 Å². The van der Waals surface area contributed by atoms with Crippen molar-refractivity contribution in [1.29, 1.82) is 0 Å². The van der Waals surface area contributed by atoms with Crippen molar-refractivity contribution in [3.63, 3.8) is 0 Å². The molecule has 0 bridgehead atoms. The van der Waals surface area contributed by atoms with Crippen LogP contribution in [0.4, 0.5) is 0 Å². The van der Waals surface area contributed by atoms with Crippen molar-refractivity contribution in [2.75, 3.05) is 46.3 Å². The summed E-state index contributed by atoms with van der Waals surface area (Å²) in [5.74, 6) is -0.157. The van der Waals surface area contributed by atoms with E-state index >= 15 is 0 Å². The van der Waals surface area contributed by atoms with E-state index in [1.807, 2.05) is 0 Å². The van der Waals surface area contributed by atoms with Crippen LogP contribution in [-0.2, 0) is 14.8 Å². The summed E-state index contributed by atoms with van der Waals surface area (Å²) in [6.07, 6.45) is 3.93. The average Bonchev–Trinajstić information content (AvgIpc) is 2.60. The van der Waals surface area contributed by atoms with Gasteiger partial charge in [0, 0.05) is 45.6 Å². The number of rotatable bonds is 6. The first-order chi connectivity index (χ1) is 12.1. The number of nitrogens with zero attached hydrogens (tertiary/aromatic N) is 4. The predicted octanol–water partition coefficient (Wildman–Crippen LogP) is 1.28. The number of amides is 1. The molecule has 0 saturated carbocycles. The van der Waals surface area contributed by atoms with E-state index < -0.39 is 10.0 Å². The molecule has 0 unspecified atom stereocenters. The van der Waals surface area contributed by atoms with E-state index in [4.69, 9.17) is 0 Å². The molecule has 26 heavy (non-hydrogen) atoms. The molecule has 0 spiro atoms. The van der Waals surface area contributed by atoms with Crippen LogP contribution in [0.15, 0.2) is 29.4 Å². The summed E-state index contributed by atoms with van der Waals surface area (Å²) in [6.45, 7) is 10.5. The fraction of sp³-hybridized carbons (Fsp3) is 0.667. The van der Waals surface area contributed by atoms with Crippen LogP contribution < -0.4 is 0 Å². The summed E-state index contributed by atoms with van der Waals surface area (Å²) in [4.78, 5) is 20.6. The van der Waals surface area contributed by atoms with Gasteiger partial charge in [-0.15, -0.1) is 0 Å². The number of carbonyl (C=O) groups is 1. The maximum atomic E-state index is 12.5. The minimum atomic E-state index is -3.70. The number of hydrogen-bond acceptors (Lipinski definition) is 5. The second-order valence-corrected chi connectivity index (χ2v) is 10.0. The van der Waals surface area contributed by atoms with Crippen LogP contribution in [0.1, 0.15) is 27.2 Å². The van der Waals surface area contributed by atoms with Gasteiger partial charge in [0.2, 0.25) is 15.9 Å². The molecule has 0 atom stereocenters. The number of aromatic nitrogens is 1. The summed E-state index contributed by atoms with van der Waals surface area (Å²) >= 11 is 0. The molecule has 1 aliphatic rings. The van der Waals surface area contributed by atoms with E-state index in [2.05, 4.69) is 30.7 Å². The molecule has 1 aliphatic heterocycles. The molecule has 2 heterocycles. The molecule has 1 saturated heterocycles. The smallest absolute Gasteiger partial charge is 0.244 e. The molecule has 1 aromatic rings. The minimum Gasteiger partial charge on any atom is -0.339 e. The zero-order valence-electron chi connectivity index (χ0n) is 16.2. The lowest BCUT2D eigenvalue weighted by Gasteiger charge is -2.36. The molecule has 0 radical (unpaired) electrons. The third-order valence-corrected chi connectivity index (χ3v) is 6.39. The molecule has 146 valence electrons. The van der Waals surface area contributed by atoms with Gasteiger partial charge in [-0.3, -0.25) is 14.7 Å². The number of pyridine rings is 1. The summed E-state index contributed by atoms with van der Waals surface area (Å²) < 4.78 is 26.1. The zero-order valence-corrected chi connectivity index (χ0v) is 17.0.